The van der Waals surface area contributed by atoms with Gasteiger partial charge in [0, 0.05) is 11.6 Å². The third-order valence-electron chi connectivity index (χ3n) is 3.58. The summed E-state index contributed by atoms with van der Waals surface area (Å²) in [5.41, 5.74) is 1.66. The van der Waals surface area contributed by atoms with Crippen LogP contribution in [0.1, 0.15) is 30.9 Å². The second kappa shape index (κ2) is 8.51. The van der Waals surface area contributed by atoms with E-state index in [4.69, 9.17) is 16.3 Å². The van der Waals surface area contributed by atoms with Crippen LogP contribution in [0.25, 0.3) is 0 Å². The molecule has 0 bridgehead atoms. The number of sulfonamides is 1. The van der Waals surface area contributed by atoms with Gasteiger partial charge in [-0.3, -0.25) is 0 Å². The Morgan fingerprint density at radius 2 is 1.88 bits per heavy atom. The van der Waals surface area contributed by atoms with Crippen molar-refractivity contribution in [3.05, 3.63) is 58.6 Å². The Kier molecular flexibility index (Phi) is 6.66. The van der Waals surface area contributed by atoms with Gasteiger partial charge in [0.05, 0.1) is 6.61 Å². The van der Waals surface area contributed by atoms with Gasteiger partial charge >= 0.3 is 0 Å². The Bertz CT molecular complexity index is 776. The predicted octanol–water partition coefficient (Wildman–Crippen LogP) is 4.31. The van der Waals surface area contributed by atoms with Crippen LogP contribution in [-0.2, 0) is 16.6 Å². The number of nitrogens with one attached hydrogen (secondary N) is 1. The van der Waals surface area contributed by atoms with Crippen molar-refractivity contribution in [2.45, 2.75) is 38.1 Å². The lowest BCUT2D eigenvalue weighted by molar-refractivity contribution is 0.301. The van der Waals surface area contributed by atoms with Crippen LogP contribution in [0.15, 0.2) is 47.4 Å². The van der Waals surface area contributed by atoms with Crippen LogP contribution in [0.5, 0.6) is 5.75 Å². The molecule has 130 valence electrons. The maximum absolute atomic E-state index is 12.7. The summed E-state index contributed by atoms with van der Waals surface area (Å²) in [5, 5.41) is 0.401. The maximum atomic E-state index is 12.7. The van der Waals surface area contributed by atoms with Crippen molar-refractivity contribution in [1.82, 2.24) is 4.72 Å². The zero-order valence-corrected chi connectivity index (χ0v) is 15.5. The molecule has 24 heavy (non-hydrogen) atoms. The van der Waals surface area contributed by atoms with Gasteiger partial charge < -0.3 is 4.74 Å². The van der Waals surface area contributed by atoms with Gasteiger partial charge in [-0.15, -0.1) is 0 Å². The van der Waals surface area contributed by atoms with Gasteiger partial charge in [0.25, 0.3) is 0 Å². The van der Waals surface area contributed by atoms with Crippen molar-refractivity contribution < 1.29 is 13.2 Å². The van der Waals surface area contributed by atoms with Crippen LogP contribution in [0.2, 0.25) is 5.02 Å². The summed E-state index contributed by atoms with van der Waals surface area (Å²) < 4.78 is 33.6. The van der Waals surface area contributed by atoms with Gasteiger partial charge in [0.2, 0.25) is 10.0 Å². The van der Waals surface area contributed by atoms with Gasteiger partial charge in [0.1, 0.15) is 10.6 Å². The molecule has 0 heterocycles. The lowest BCUT2D eigenvalue weighted by Gasteiger charge is -2.14. The first kappa shape index (κ1) is 18.8. The van der Waals surface area contributed by atoms with Gasteiger partial charge in [0.15, 0.2) is 0 Å². The average Bonchev–Trinajstić information content (AvgIpc) is 2.57. The van der Waals surface area contributed by atoms with E-state index in [1.165, 1.54) is 6.07 Å². The highest BCUT2D eigenvalue weighted by atomic mass is 35.5. The fourth-order valence-corrected chi connectivity index (χ4v) is 3.53. The predicted molar refractivity (Wildman–Crippen MR) is 97.1 cm³/mol. The molecule has 0 saturated carbocycles. The molecule has 0 spiro atoms. The molecule has 0 atom stereocenters. The molecule has 4 nitrogen and oxygen atoms in total. The highest BCUT2D eigenvalue weighted by Crippen LogP contribution is 2.30. The SMILES string of the molecule is CCCCOc1cc(C)c(Cl)cc1S(=O)(=O)NCc1ccccc1. The number of hydrogen-bond acceptors (Lipinski definition) is 3. The standard InChI is InChI=1S/C18H22ClNO3S/c1-3-4-10-23-17-11-14(2)16(19)12-18(17)24(21,22)20-13-15-8-6-5-7-9-15/h5-9,11-12,20H,3-4,10,13H2,1-2H3. The molecule has 2 aromatic carbocycles. The van der Waals surface area contributed by atoms with Crippen molar-refractivity contribution >= 4 is 21.6 Å². The normalized spacial score (nSPS) is 11.5. The molecule has 0 radical (unpaired) electrons. The minimum absolute atomic E-state index is 0.0742. The molecular weight excluding hydrogens is 346 g/mol. The molecule has 0 unspecified atom stereocenters. The lowest BCUT2D eigenvalue weighted by Crippen LogP contribution is -2.24. The van der Waals surface area contributed by atoms with Gasteiger partial charge in [-0.05, 0) is 36.6 Å². The molecule has 6 heteroatoms. The first-order valence-electron chi connectivity index (χ1n) is 7.90. The Morgan fingerprint density at radius 1 is 1.17 bits per heavy atom. The Labute approximate surface area is 148 Å². The average molecular weight is 368 g/mol. The van der Waals surface area contributed by atoms with Crippen LogP contribution < -0.4 is 9.46 Å². The molecule has 0 aromatic heterocycles. The van der Waals surface area contributed by atoms with Crippen LogP contribution in [0.3, 0.4) is 0 Å². The highest BCUT2D eigenvalue weighted by molar-refractivity contribution is 7.89. The second-order valence-corrected chi connectivity index (χ2v) is 7.70. The van der Waals surface area contributed by atoms with E-state index in [-0.39, 0.29) is 11.4 Å². The quantitative estimate of drug-likeness (QED) is 0.707. The lowest BCUT2D eigenvalue weighted by atomic mass is 10.2. The number of aryl methyl sites for hydroxylation is 1. The van der Waals surface area contributed by atoms with Crippen LogP contribution in [-0.4, -0.2) is 15.0 Å². The zero-order valence-electron chi connectivity index (χ0n) is 13.9. The van der Waals surface area contributed by atoms with Crippen molar-refractivity contribution in [2.75, 3.05) is 6.61 Å². The smallest absolute Gasteiger partial charge is 0.244 e. The molecule has 0 amide bonds. The first-order valence-corrected chi connectivity index (χ1v) is 9.76. The molecular formula is C18H22ClNO3S. The van der Waals surface area contributed by atoms with E-state index in [0.29, 0.717) is 17.4 Å². The largest absolute Gasteiger partial charge is 0.492 e. The van der Waals surface area contributed by atoms with E-state index < -0.39 is 10.0 Å². The summed E-state index contributed by atoms with van der Waals surface area (Å²) >= 11 is 6.12. The number of benzene rings is 2. The van der Waals surface area contributed by atoms with E-state index in [2.05, 4.69) is 11.6 Å². The number of ether oxygens (including phenoxy) is 1. The number of rotatable bonds is 8. The summed E-state index contributed by atoms with van der Waals surface area (Å²) in [7, 11) is -3.72. The molecule has 0 saturated heterocycles. The number of halogens is 1. The molecule has 2 rings (SSSR count). The van der Waals surface area contributed by atoms with E-state index in [0.717, 1.165) is 24.0 Å². The molecule has 2 aromatic rings. The molecule has 0 aliphatic heterocycles. The van der Waals surface area contributed by atoms with Gasteiger partial charge in [-0.2, -0.15) is 0 Å². The van der Waals surface area contributed by atoms with Crippen molar-refractivity contribution in [3.63, 3.8) is 0 Å². The molecule has 0 aliphatic rings. The summed E-state index contributed by atoms with van der Waals surface area (Å²) in [6, 6.07) is 12.5. The highest BCUT2D eigenvalue weighted by Gasteiger charge is 2.21. The monoisotopic (exact) mass is 367 g/mol. The minimum Gasteiger partial charge on any atom is -0.492 e. The van der Waals surface area contributed by atoms with Crippen molar-refractivity contribution in [1.29, 1.82) is 0 Å². The van der Waals surface area contributed by atoms with Gasteiger partial charge in [-0.1, -0.05) is 55.3 Å². The summed E-state index contributed by atoms with van der Waals surface area (Å²) in [6.45, 7) is 4.56. The van der Waals surface area contributed by atoms with Crippen LogP contribution >= 0.6 is 11.6 Å². The molecule has 1 N–H and O–H groups in total. The maximum Gasteiger partial charge on any atom is 0.244 e. The Balaban J connectivity index is 2.25. The van der Waals surface area contributed by atoms with E-state index in [1.54, 1.807) is 6.07 Å². The van der Waals surface area contributed by atoms with Crippen LogP contribution in [0, 0.1) is 6.92 Å². The third-order valence-corrected chi connectivity index (χ3v) is 5.41. The minimum atomic E-state index is -3.72. The second-order valence-electron chi connectivity index (χ2n) is 5.56. The van der Waals surface area contributed by atoms with Crippen molar-refractivity contribution in [3.8, 4) is 5.75 Å². The van der Waals surface area contributed by atoms with Gasteiger partial charge in [-0.25, -0.2) is 13.1 Å². The first-order chi connectivity index (χ1) is 11.4. The van der Waals surface area contributed by atoms with E-state index in [1.807, 2.05) is 37.3 Å². The number of hydrogen-bond donors (Lipinski definition) is 1. The third kappa shape index (κ3) is 4.97. The number of unbranched alkanes of at least 4 members (excludes halogenated alkanes) is 1. The molecule has 0 fully saturated rings. The molecule has 0 aliphatic carbocycles. The Hall–Kier alpha value is -1.56. The summed E-state index contributed by atoms with van der Waals surface area (Å²) in [6.07, 6.45) is 1.83. The fourth-order valence-electron chi connectivity index (χ4n) is 2.14. The summed E-state index contributed by atoms with van der Waals surface area (Å²) in [4.78, 5) is 0.0742. The topological polar surface area (TPSA) is 55.4 Å². The fraction of sp³-hybridized carbons (Fsp3) is 0.333. The van der Waals surface area contributed by atoms with Crippen LogP contribution in [0.4, 0.5) is 0 Å². The van der Waals surface area contributed by atoms with E-state index >= 15 is 0 Å². The zero-order chi connectivity index (χ0) is 17.6. The summed E-state index contributed by atoms with van der Waals surface area (Å²) in [5.74, 6) is 0.339. The van der Waals surface area contributed by atoms with E-state index in [9.17, 15) is 8.42 Å². The van der Waals surface area contributed by atoms with Crippen molar-refractivity contribution in [2.24, 2.45) is 0 Å². The Morgan fingerprint density at radius 3 is 2.54 bits per heavy atom.